The zero-order valence-electron chi connectivity index (χ0n) is 19.2. The third kappa shape index (κ3) is 4.80. The SMILES string of the molecule is CN=S1(=O)CCN(c2ccc(-c3n[nH]c4ccc(OC(C)c5c(Cl)cncc5Cl)cc34)cn2)CC1. The number of nitrogens with zero attached hydrogens (tertiary/aromatic N) is 5. The van der Waals surface area contributed by atoms with Crippen molar-refractivity contribution in [3.8, 4) is 17.0 Å². The molecule has 1 fully saturated rings. The van der Waals surface area contributed by atoms with Gasteiger partial charge >= 0.3 is 0 Å². The number of aromatic nitrogens is 4. The van der Waals surface area contributed by atoms with Crippen molar-refractivity contribution in [2.75, 3.05) is 36.5 Å². The molecule has 11 heteroatoms. The first-order valence-electron chi connectivity index (χ1n) is 11.1. The molecule has 0 saturated carbocycles. The quantitative estimate of drug-likeness (QED) is 0.371. The highest BCUT2D eigenvalue weighted by molar-refractivity contribution is 7.93. The topological polar surface area (TPSA) is 96.4 Å². The van der Waals surface area contributed by atoms with Gasteiger partial charge in [0, 0.05) is 76.5 Å². The summed E-state index contributed by atoms with van der Waals surface area (Å²) in [6.07, 6.45) is 4.55. The Kier molecular flexibility index (Phi) is 6.57. The first-order valence-corrected chi connectivity index (χ1v) is 13.7. The molecule has 1 N–H and O–H groups in total. The zero-order chi connectivity index (χ0) is 24.6. The van der Waals surface area contributed by atoms with Gasteiger partial charge in [0.1, 0.15) is 23.4 Å². The van der Waals surface area contributed by atoms with Gasteiger partial charge in [0.05, 0.1) is 15.6 Å². The van der Waals surface area contributed by atoms with Crippen molar-refractivity contribution < 1.29 is 8.95 Å². The van der Waals surface area contributed by atoms with Gasteiger partial charge in [-0.1, -0.05) is 23.2 Å². The van der Waals surface area contributed by atoms with E-state index >= 15 is 0 Å². The minimum Gasteiger partial charge on any atom is -0.486 e. The third-order valence-corrected chi connectivity index (χ3v) is 9.09. The van der Waals surface area contributed by atoms with Crippen LogP contribution in [0.5, 0.6) is 5.75 Å². The normalized spacial score (nSPS) is 16.3. The maximum atomic E-state index is 12.4. The van der Waals surface area contributed by atoms with Crippen molar-refractivity contribution in [1.82, 2.24) is 20.2 Å². The number of halogens is 2. The summed E-state index contributed by atoms with van der Waals surface area (Å²) in [4.78, 5) is 10.8. The highest BCUT2D eigenvalue weighted by Gasteiger charge is 2.21. The Balaban J connectivity index is 1.38. The predicted molar refractivity (Wildman–Crippen MR) is 141 cm³/mol. The first kappa shape index (κ1) is 23.8. The van der Waals surface area contributed by atoms with E-state index in [2.05, 4.69) is 29.4 Å². The molecule has 0 bridgehead atoms. The van der Waals surface area contributed by atoms with Gasteiger partial charge in [-0.3, -0.25) is 10.1 Å². The maximum Gasteiger partial charge on any atom is 0.128 e. The van der Waals surface area contributed by atoms with Crippen LogP contribution in [0.3, 0.4) is 0 Å². The van der Waals surface area contributed by atoms with E-state index < -0.39 is 9.73 Å². The van der Waals surface area contributed by atoms with Crippen LogP contribution in [0.1, 0.15) is 18.6 Å². The minimum absolute atomic E-state index is 0.369. The molecule has 0 spiro atoms. The van der Waals surface area contributed by atoms with Crippen LogP contribution in [0.25, 0.3) is 22.2 Å². The second kappa shape index (κ2) is 9.64. The average molecular weight is 531 g/mol. The van der Waals surface area contributed by atoms with E-state index in [9.17, 15) is 4.21 Å². The second-order valence-electron chi connectivity index (χ2n) is 8.31. The zero-order valence-corrected chi connectivity index (χ0v) is 21.6. The van der Waals surface area contributed by atoms with Gasteiger partial charge in [-0.25, -0.2) is 13.6 Å². The molecule has 0 radical (unpaired) electrons. The lowest BCUT2D eigenvalue weighted by atomic mass is 10.1. The van der Waals surface area contributed by atoms with Crippen LogP contribution in [0.2, 0.25) is 10.0 Å². The number of benzene rings is 1. The van der Waals surface area contributed by atoms with Crippen molar-refractivity contribution >= 4 is 49.7 Å². The summed E-state index contributed by atoms with van der Waals surface area (Å²) in [5, 5.41) is 9.42. The standard InChI is InChI=1S/C24H24Cl2N6O2S/c1-15(23-19(25)13-28-14-20(23)26)34-17-4-5-21-18(11-17)24(31-30-21)16-3-6-22(29-12-16)32-7-9-35(33,27-2)10-8-32/h3-6,11-15H,7-10H2,1-2H3,(H,30,31). The summed E-state index contributed by atoms with van der Waals surface area (Å²) in [5.41, 5.74) is 3.24. The van der Waals surface area contributed by atoms with Gasteiger partial charge in [-0.15, -0.1) is 0 Å². The Morgan fingerprint density at radius 1 is 1.11 bits per heavy atom. The highest BCUT2D eigenvalue weighted by atomic mass is 35.5. The molecule has 1 aromatic carbocycles. The molecule has 0 amide bonds. The number of H-pyrrole nitrogens is 1. The van der Waals surface area contributed by atoms with Gasteiger partial charge in [-0.05, 0) is 37.3 Å². The summed E-state index contributed by atoms with van der Waals surface area (Å²) in [7, 11) is -0.422. The number of aromatic amines is 1. The number of fused-ring (bicyclic) bond motifs is 1. The number of ether oxygens (including phenoxy) is 1. The van der Waals surface area contributed by atoms with Crippen molar-refractivity contribution in [2.45, 2.75) is 13.0 Å². The first-order chi connectivity index (χ1) is 16.9. The summed E-state index contributed by atoms with van der Waals surface area (Å²) >= 11 is 12.6. The van der Waals surface area contributed by atoms with Gasteiger partial charge in [0.2, 0.25) is 0 Å². The fourth-order valence-corrected chi connectivity index (χ4v) is 6.46. The molecule has 1 unspecified atom stereocenters. The van der Waals surface area contributed by atoms with Crippen LogP contribution in [-0.2, 0) is 9.73 Å². The Morgan fingerprint density at radius 2 is 1.86 bits per heavy atom. The Hall–Kier alpha value is -2.88. The van der Waals surface area contributed by atoms with Crippen LogP contribution >= 0.6 is 23.2 Å². The largest absolute Gasteiger partial charge is 0.486 e. The fraction of sp³-hybridized carbons (Fsp3) is 0.292. The van der Waals surface area contributed by atoms with Crippen molar-refractivity contribution in [3.63, 3.8) is 0 Å². The molecule has 5 rings (SSSR count). The predicted octanol–water partition coefficient (Wildman–Crippen LogP) is 5.38. The second-order valence-corrected chi connectivity index (χ2v) is 11.9. The molecule has 1 saturated heterocycles. The fourth-order valence-electron chi connectivity index (χ4n) is 4.20. The molecule has 1 aliphatic heterocycles. The number of rotatable bonds is 5. The number of anilines is 1. The van der Waals surface area contributed by atoms with Gasteiger partial charge in [0.25, 0.3) is 0 Å². The summed E-state index contributed by atoms with van der Waals surface area (Å²) < 4.78 is 22.7. The Morgan fingerprint density at radius 3 is 2.51 bits per heavy atom. The molecule has 4 aromatic rings. The molecule has 0 aliphatic carbocycles. The van der Waals surface area contributed by atoms with Gasteiger partial charge in [-0.2, -0.15) is 5.10 Å². The molecule has 3 aromatic heterocycles. The van der Waals surface area contributed by atoms with E-state index in [4.69, 9.17) is 27.9 Å². The summed E-state index contributed by atoms with van der Waals surface area (Å²) in [6.45, 7) is 3.25. The van der Waals surface area contributed by atoms with E-state index in [1.807, 2.05) is 43.5 Å². The van der Waals surface area contributed by atoms with E-state index in [0.29, 0.717) is 46.0 Å². The van der Waals surface area contributed by atoms with Crippen LogP contribution in [0.4, 0.5) is 5.82 Å². The van der Waals surface area contributed by atoms with E-state index in [1.165, 1.54) is 0 Å². The number of hydrogen-bond acceptors (Lipinski definition) is 7. The van der Waals surface area contributed by atoms with Crippen molar-refractivity contribution in [2.24, 2.45) is 4.36 Å². The highest BCUT2D eigenvalue weighted by Crippen LogP contribution is 2.35. The third-order valence-electron chi connectivity index (χ3n) is 6.18. The lowest BCUT2D eigenvalue weighted by molar-refractivity contribution is 0.227. The smallest absolute Gasteiger partial charge is 0.128 e. The minimum atomic E-state index is -2.06. The maximum absolute atomic E-state index is 12.4. The monoisotopic (exact) mass is 530 g/mol. The van der Waals surface area contributed by atoms with E-state index in [-0.39, 0.29) is 6.10 Å². The van der Waals surface area contributed by atoms with Crippen LogP contribution in [0.15, 0.2) is 53.3 Å². The molecule has 8 nitrogen and oxygen atoms in total. The molecular weight excluding hydrogens is 507 g/mol. The number of hydrogen-bond donors (Lipinski definition) is 1. The average Bonchev–Trinajstić information content (AvgIpc) is 3.28. The van der Waals surface area contributed by atoms with Crippen LogP contribution in [0, 0.1) is 0 Å². The number of nitrogens with one attached hydrogen (secondary N) is 1. The molecular formula is C24H24Cl2N6O2S. The van der Waals surface area contributed by atoms with Gasteiger partial charge < -0.3 is 9.64 Å². The Labute approximate surface area is 213 Å². The van der Waals surface area contributed by atoms with Crippen LogP contribution in [-0.4, -0.2) is 56.0 Å². The van der Waals surface area contributed by atoms with Crippen molar-refractivity contribution in [3.05, 3.63) is 64.5 Å². The lowest BCUT2D eigenvalue weighted by Crippen LogP contribution is -2.40. The van der Waals surface area contributed by atoms with Crippen molar-refractivity contribution in [1.29, 1.82) is 0 Å². The molecule has 1 atom stereocenters. The molecule has 182 valence electrons. The summed E-state index contributed by atoms with van der Waals surface area (Å²) in [5.74, 6) is 2.65. The lowest BCUT2D eigenvalue weighted by Gasteiger charge is -2.29. The van der Waals surface area contributed by atoms with E-state index in [1.54, 1.807) is 19.4 Å². The van der Waals surface area contributed by atoms with E-state index in [0.717, 1.165) is 28.0 Å². The summed E-state index contributed by atoms with van der Waals surface area (Å²) in [6, 6.07) is 9.72. The molecule has 35 heavy (non-hydrogen) atoms. The molecule has 1 aliphatic rings. The number of pyridine rings is 2. The van der Waals surface area contributed by atoms with Gasteiger partial charge in [0.15, 0.2) is 0 Å². The Bertz CT molecular complexity index is 1460. The molecule has 4 heterocycles. The van der Waals surface area contributed by atoms with Crippen LogP contribution < -0.4 is 9.64 Å².